The SMILES string of the molecule is CCc1ccccc1-n1c(C(C)N(C)S(=O)(=O)c2ccc(Cl)cc2)nc2ccccc2c1=O. The zero-order valence-corrected chi connectivity index (χ0v) is 20.1. The molecule has 170 valence electrons. The van der Waals surface area contributed by atoms with Gasteiger partial charge in [-0.15, -0.1) is 0 Å². The van der Waals surface area contributed by atoms with Crippen molar-refractivity contribution < 1.29 is 8.42 Å². The van der Waals surface area contributed by atoms with Gasteiger partial charge >= 0.3 is 0 Å². The number of hydrogen-bond acceptors (Lipinski definition) is 4. The molecule has 0 aliphatic carbocycles. The molecule has 8 heteroatoms. The Morgan fingerprint density at radius 3 is 2.33 bits per heavy atom. The Morgan fingerprint density at radius 2 is 1.64 bits per heavy atom. The molecule has 3 aromatic carbocycles. The van der Waals surface area contributed by atoms with E-state index in [2.05, 4.69) is 0 Å². The van der Waals surface area contributed by atoms with Crippen LogP contribution in [0.3, 0.4) is 0 Å². The number of fused-ring (bicyclic) bond motifs is 1. The maximum Gasteiger partial charge on any atom is 0.266 e. The first-order valence-electron chi connectivity index (χ1n) is 10.6. The lowest BCUT2D eigenvalue weighted by Gasteiger charge is -2.27. The van der Waals surface area contributed by atoms with E-state index in [1.807, 2.05) is 37.3 Å². The Labute approximate surface area is 198 Å². The molecule has 0 spiro atoms. The average Bonchev–Trinajstić information content (AvgIpc) is 2.83. The maximum atomic E-state index is 13.6. The fourth-order valence-corrected chi connectivity index (χ4v) is 5.28. The molecule has 0 saturated carbocycles. The molecule has 0 bridgehead atoms. The van der Waals surface area contributed by atoms with Gasteiger partial charge in [0.2, 0.25) is 10.0 Å². The molecule has 6 nitrogen and oxygen atoms in total. The molecule has 0 amide bonds. The summed E-state index contributed by atoms with van der Waals surface area (Å²) in [7, 11) is -2.37. The van der Waals surface area contributed by atoms with Crippen LogP contribution in [0, 0.1) is 0 Å². The van der Waals surface area contributed by atoms with Crippen molar-refractivity contribution in [2.75, 3.05) is 7.05 Å². The van der Waals surface area contributed by atoms with Crippen LogP contribution in [0.25, 0.3) is 16.6 Å². The van der Waals surface area contributed by atoms with Crippen molar-refractivity contribution in [3.63, 3.8) is 0 Å². The lowest BCUT2D eigenvalue weighted by molar-refractivity contribution is 0.379. The lowest BCUT2D eigenvalue weighted by Crippen LogP contribution is -2.35. The second-order valence-electron chi connectivity index (χ2n) is 7.76. The summed E-state index contributed by atoms with van der Waals surface area (Å²) >= 11 is 5.93. The first kappa shape index (κ1) is 23.2. The highest BCUT2D eigenvalue weighted by molar-refractivity contribution is 7.89. The largest absolute Gasteiger partial charge is 0.268 e. The summed E-state index contributed by atoms with van der Waals surface area (Å²) in [5.41, 5.74) is 1.95. The van der Waals surface area contributed by atoms with Crippen LogP contribution in [-0.4, -0.2) is 29.3 Å². The molecular formula is C25H24ClN3O3S. The van der Waals surface area contributed by atoms with Crippen LogP contribution in [0.5, 0.6) is 0 Å². The molecule has 0 N–H and O–H groups in total. The van der Waals surface area contributed by atoms with Gasteiger partial charge in [0.25, 0.3) is 5.56 Å². The van der Waals surface area contributed by atoms with Crippen molar-refractivity contribution >= 4 is 32.5 Å². The van der Waals surface area contributed by atoms with Gasteiger partial charge in [-0.05, 0) is 61.4 Å². The zero-order valence-electron chi connectivity index (χ0n) is 18.6. The predicted octanol–water partition coefficient (Wildman–Crippen LogP) is 4.98. The Balaban J connectivity index is 1.94. The third kappa shape index (κ3) is 4.19. The summed E-state index contributed by atoms with van der Waals surface area (Å²) < 4.78 is 29.5. The molecule has 0 fully saturated rings. The van der Waals surface area contributed by atoms with Gasteiger partial charge in [0.05, 0.1) is 27.5 Å². The fraction of sp³-hybridized carbons (Fsp3) is 0.200. The summed E-state index contributed by atoms with van der Waals surface area (Å²) in [6.07, 6.45) is 0.710. The van der Waals surface area contributed by atoms with E-state index in [0.717, 1.165) is 5.56 Å². The number of para-hydroxylation sites is 2. The smallest absolute Gasteiger partial charge is 0.266 e. The Bertz CT molecular complexity index is 1480. The predicted molar refractivity (Wildman–Crippen MR) is 132 cm³/mol. The van der Waals surface area contributed by atoms with E-state index in [1.54, 1.807) is 29.7 Å². The summed E-state index contributed by atoms with van der Waals surface area (Å²) in [6, 6.07) is 20.0. The highest BCUT2D eigenvalue weighted by atomic mass is 35.5. The van der Waals surface area contributed by atoms with Gasteiger partial charge < -0.3 is 0 Å². The van der Waals surface area contributed by atoms with Gasteiger partial charge in [-0.1, -0.05) is 48.9 Å². The van der Waals surface area contributed by atoms with E-state index in [-0.39, 0.29) is 10.5 Å². The van der Waals surface area contributed by atoms with Crippen LogP contribution in [0.2, 0.25) is 5.02 Å². The van der Waals surface area contributed by atoms with Crippen LogP contribution in [0.1, 0.15) is 31.3 Å². The number of aryl methyl sites for hydroxylation is 1. The van der Waals surface area contributed by atoms with E-state index in [4.69, 9.17) is 16.6 Å². The first-order chi connectivity index (χ1) is 15.8. The van der Waals surface area contributed by atoms with E-state index >= 15 is 0 Å². The van der Waals surface area contributed by atoms with Gasteiger partial charge in [0, 0.05) is 12.1 Å². The molecule has 1 aromatic heterocycles. The number of sulfonamides is 1. The molecule has 4 aromatic rings. The van der Waals surface area contributed by atoms with Crippen molar-refractivity contribution in [2.24, 2.45) is 0 Å². The third-order valence-electron chi connectivity index (χ3n) is 5.82. The minimum absolute atomic E-state index is 0.116. The summed E-state index contributed by atoms with van der Waals surface area (Å²) in [5, 5.41) is 0.924. The van der Waals surface area contributed by atoms with Gasteiger partial charge in [-0.3, -0.25) is 9.36 Å². The van der Waals surface area contributed by atoms with Crippen LogP contribution >= 0.6 is 11.6 Å². The summed E-state index contributed by atoms with van der Waals surface area (Å²) in [5.74, 6) is 0.347. The second kappa shape index (κ2) is 9.09. The van der Waals surface area contributed by atoms with Crippen molar-refractivity contribution in [1.82, 2.24) is 13.9 Å². The fourth-order valence-electron chi connectivity index (χ4n) is 3.83. The first-order valence-corrected chi connectivity index (χ1v) is 12.4. The van der Waals surface area contributed by atoms with Crippen molar-refractivity contribution in [1.29, 1.82) is 0 Å². The minimum atomic E-state index is -3.86. The van der Waals surface area contributed by atoms with Crippen molar-refractivity contribution in [2.45, 2.75) is 31.2 Å². The molecule has 1 atom stereocenters. The molecule has 0 saturated heterocycles. The number of nitrogens with zero attached hydrogens (tertiary/aromatic N) is 3. The number of halogens is 1. The monoisotopic (exact) mass is 481 g/mol. The maximum absolute atomic E-state index is 13.6. The highest BCUT2D eigenvalue weighted by Crippen LogP contribution is 2.28. The molecule has 0 aliphatic rings. The quantitative estimate of drug-likeness (QED) is 0.389. The number of rotatable bonds is 6. The van der Waals surface area contributed by atoms with Crippen molar-refractivity contribution in [3.8, 4) is 5.69 Å². The number of benzene rings is 3. The number of aromatic nitrogens is 2. The Hall–Kier alpha value is -3.00. The standard InChI is InChI=1S/C25H24ClN3O3S/c1-4-18-9-5-8-12-23(18)29-24(27-22-11-7-6-10-21(22)25(29)30)17(2)28(3)33(31,32)20-15-13-19(26)14-16-20/h5-17H,4H2,1-3H3. The number of hydrogen-bond donors (Lipinski definition) is 0. The Kier molecular flexibility index (Phi) is 6.38. The normalized spacial score (nSPS) is 12.9. The zero-order chi connectivity index (χ0) is 23.8. The van der Waals surface area contributed by atoms with Crippen molar-refractivity contribution in [3.05, 3.63) is 99.6 Å². The van der Waals surface area contributed by atoms with E-state index in [1.165, 1.54) is 35.6 Å². The van der Waals surface area contributed by atoms with Gasteiger partial charge in [-0.2, -0.15) is 4.31 Å². The summed E-state index contributed by atoms with van der Waals surface area (Å²) in [6.45, 7) is 3.74. The molecular weight excluding hydrogens is 458 g/mol. The lowest BCUT2D eigenvalue weighted by atomic mass is 10.1. The van der Waals surface area contributed by atoms with E-state index < -0.39 is 16.1 Å². The van der Waals surface area contributed by atoms with E-state index in [9.17, 15) is 13.2 Å². The van der Waals surface area contributed by atoms with Gasteiger partial charge in [0.15, 0.2) is 0 Å². The van der Waals surface area contributed by atoms with Crippen LogP contribution in [0.4, 0.5) is 0 Å². The molecule has 1 heterocycles. The van der Waals surface area contributed by atoms with Gasteiger partial charge in [-0.25, -0.2) is 13.4 Å². The molecule has 0 radical (unpaired) electrons. The average molecular weight is 482 g/mol. The molecule has 4 rings (SSSR count). The van der Waals surface area contributed by atoms with Gasteiger partial charge in [0.1, 0.15) is 5.82 Å². The Morgan fingerprint density at radius 1 is 1.00 bits per heavy atom. The molecule has 33 heavy (non-hydrogen) atoms. The van der Waals surface area contributed by atoms with Crippen LogP contribution in [0.15, 0.2) is 82.5 Å². The van der Waals surface area contributed by atoms with Crippen LogP contribution < -0.4 is 5.56 Å². The molecule has 0 aliphatic heterocycles. The topological polar surface area (TPSA) is 72.3 Å². The highest BCUT2D eigenvalue weighted by Gasteiger charge is 2.30. The van der Waals surface area contributed by atoms with E-state index in [0.29, 0.717) is 33.9 Å². The third-order valence-corrected chi connectivity index (χ3v) is 8.02. The summed E-state index contributed by atoms with van der Waals surface area (Å²) in [4.78, 5) is 18.5. The second-order valence-corrected chi connectivity index (χ2v) is 10.2. The van der Waals surface area contributed by atoms with Crippen LogP contribution in [-0.2, 0) is 16.4 Å². The molecule has 1 unspecified atom stereocenters. The minimum Gasteiger partial charge on any atom is -0.268 e.